The highest BCUT2D eigenvalue weighted by atomic mass is 16.3. The van der Waals surface area contributed by atoms with E-state index in [1.54, 1.807) is 0 Å². The van der Waals surface area contributed by atoms with Gasteiger partial charge in [-0.15, -0.1) is 0 Å². The average molecular weight is 151 g/mol. The second-order valence-electron chi connectivity index (χ2n) is 2.72. The van der Waals surface area contributed by atoms with Gasteiger partial charge in [-0.3, -0.25) is 0 Å². The van der Waals surface area contributed by atoms with E-state index in [1.807, 2.05) is 26.0 Å². The first-order chi connectivity index (χ1) is 5.16. The summed E-state index contributed by atoms with van der Waals surface area (Å²) in [5, 5.41) is 9.50. The van der Waals surface area contributed by atoms with Crippen molar-refractivity contribution >= 4 is 0 Å². The van der Waals surface area contributed by atoms with Crippen LogP contribution in [0.25, 0.3) is 0 Å². The Kier molecular flexibility index (Phi) is 2.15. The molecule has 0 atom stereocenters. The van der Waals surface area contributed by atoms with Gasteiger partial charge in [0.2, 0.25) is 0 Å². The van der Waals surface area contributed by atoms with E-state index in [9.17, 15) is 5.11 Å². The van der Waals surface area contributed by atoms with E-state index in [1.165, 1.54) is 0 Å². The third kappa shape index (κ3) is 1.35. The molecule has 0 saturated heterocycles. The molecule has 0 bridgehead atoms. The average Bonchev–Trinajstić information content (AvgIpc) is 2.01. The third-order valence-corrected chi connectivity index (χ3v) is 2.01. The van der Waals surface area contributed by atoms with Gasteiger partial charge in [-0.2, -0.15) is 0 Å². The molecule has 1 rings (SSSR count). The first-order valence-electron chi connectivity index (χ1n) is 3.65. The monoisotopic (exact) mass is 151 g/mol. The van der Waals surface area contributed by atoms with Crippen LogP contribution in [-0.2, 0) is 6.54 Å². The minimum absolute atomic E-state index is 0.340. The molecule has 0 saturated carbocycles. The van der Waals surface area contributed by atoms with Gasteiger partial charge in [-0.05, 0) is 25.0 Å². The molecule has 11 heavy (non-hydrogen) atoms. The molecule has 0 fully saturated rings. The van der Waals surface area contributed by atoms with Gasteiger partial charge in [0.15, 0.2) is 0 Å². The molecular formula is C9H13NO. The van der Waals surface area contributed by atoms with Crippen LogP contribution in [0.4, 0.5) is 0 Å². The molecule has 0 spiro atoms. The molecule has 1 aromatic carbocycles. The molecule has 0 amide bonds. The smallest absolute Gasteiger partial charge is 0.123 e. The summed E-state index contributed by atoms with van der Waals surface area (Å²) in [6, 6.07) is 3.83. The van der Waals surface area contributed by atoms with E-state index < -0.39 is 0 Å². The van der Waals surface area contributed by atoms with Crippen molar-refractivity contribution < 1.29 is 5.11 Å². The first kappa shape index (κ1) is 8.08. The number of hydrogen-bond acceptors (Lipinski definition) is 2. The minimum Gasteiger partial charge on any atom is -0.507 e. The quantitative estimate of drug-likeness (QED) is 0.638. The number of aryl methyl sites for hydroxylation is 1. The lowest BCUT2D eigenvalue weighted by atomic mass is 10.0. The van der Waals surface area contributed by atoms with Crippen molar-refractivity contribution in [1.29, 1.82) is 0 Å². The van der Waals surface area contributed by atoms with Crippen molar-refractivity contribution in [3.05, 3.63) is 28.8 Å². The van der Waals surface area contributed by atoms with Crippen LogP contribution in [0.2, 0.25) is 0 Å². The van der Waals surface area contributed by atoms with E-state index in [4.69, 9.17) is 5.73 Å². The van der Waals surface area contributed by atoms with E-state index in [0.717, 1.165) is 16.7 Å². The van der Waals surface area contributed by atoms with Crippen LogP contribution in [0.3, 0.4) is 0 Å². The summed E-state index contributed by atoms with van der Waals surface area (Å²) in [7, 11) is 0. The summed E-state index contributed by atoms with van der Waals surface area (Å²) in [6.45, 7) is 4.26. The number of aromatic hydroxyl groups is 1. The van der Waals surface area contributed by atoms with Gasteiger partial charge in [0.25, 0.3) is 0 Å². The van der Waals surface area contributed by atoms with Gasteiger partial charge in [0.05, 0.1) is 0 Å². The Morgan fingerprint density at radius 3 is 2.55 bits per heavy atom. The summed E-state index contributed by atoms with van der Waals surface area (Å²) >= 11 is 0. The van der Waals surface area contributed by atoms with Crippen molar-refractivity contribution in [2.24, 2.45) is 5.73 Å². The predicted octanol–water partition coefficient (Wildman–Crippen LogP) is 1.47. The number of phenols is 1. The lowest BCUT2D eigenvalue weighted by molar-refractivity contribution is 0.463. The summed E-state index contributed by atoms with van der Waals surface area (Å²) in [5.74, 6) is 0.340. The zero-order chi connectivity index (χ0) is 8.43. The van der Waals surface area contributed by atoms with E-state index in [2.05, 4.69) is 0 Å². The molecule has 60 valence electrons. The third-order valence-electron chi connectivity index (χ3n) is 2.01. The first-order valence-corrected chi connectivity index (χ1v) is 3.65. The van der Waals surface area contributed by atoms with Gasteiger partial charge in [-0.1, -0.05) is 12.1 Å². The summed E-state index contributed by atoms with van der Waals surface area (Å²) in [6.07, 6.45) is 0. The van der Waals surface area contributed by atoms with Crippen molar-refractivity contribution in [3.63, 3.8) is 0 Å². The Balaban J connectivity index is 3.25. The highest BCUT2D eigenvalue weighted by Gasteiger charge is 2.03. The Labute approximate surface area is 66.7 Å². The van der Waals surface area contributed by atoms with Gasteiger partial charge in [0, 0.05) is 12.1 Å². The molecule has 0 unspecified atom stereocenters. The Hall–Kier alpha value is -1.02. The molecule has 0 aliphatic carbocycles. The zero-order valence-corrected chi connectivity index (χ0v) is 6.89. The molecule has 2 nitrogen and oxygen atoms in total. The number of nitrogens with two attached hydrogens (primary N) is 1. The lowest BCUT2D eigenvalue weighted by Crippen LogP contribution is -1.98. The molecule has 0 aliphatic heterocycles. The standard InChI is InChI=1S/C9H13NO/c1-6-3-4-8(5-10)9(11)7(6)2/h3-4,11H,5,10H2,1-2H3. The Morgan fingerprint density at radius 2 is 2.00 bits per heavy atom. The van der Waals surface area contributed by atoms with E-state index in [-0.39, 0.29) is 0 Å². The van der Waals surface area contributed by atoms with Crippen molar-refractivity contribution in [1.82, 2.24) is 0 Å². The van der Waals surface area contributed by atoms with Gasteiger partial charge >= 0.3 is 0 Å². The Morgan fingerprint density at radius 1 is 1.36 bits per heavy atom. The van der Waals surface area contributed by atoms with Crippen LogP contribution in [-0.4, -0.2) is 5.11 Å². The summed E-state index contributed by atoms with van der Waals surface area (Å²) < 4.78 is 0. The van der Waals surface area contributed by atoms with E-state index in [0.29, 0.717) is 12.3 Å². The molecular weight excluding hydrogens is 138 g/mol. The topological polar surface area (TPSA) is 46.2 Å². The molecule has 0 aromatic heterocycles. The number of phenolic OH excluding ortho intramolecular Hbond substituents is 1. The second kappa shape index (κ2) is 2.93. The van der Waals surface area contributed by atoms with Crippen LogP contribution in [0.5, 0.6) is 5.75 Å². The second-order valence-corrected chi connectivity index (χ2v) is 2.72. The molecule has 0 aliphatic rings. The maximum atomic E-state index is 9.50. The maximum Gasteiger partial charge on any atom is 0.123 e. The fourth-order valence-corrected chi connectivity index (χ4v) is 1.02. The van der Waals surface area contributed by atoms with Crippen molar-refractivity contribution in [3.8, 4) is 5.75 Å². The molecule has 1 aromatic rings. The van der Waals surface area contributed by atoms with Crippen molar-refractivity contribution in [2.45, 2.75) is 20.4 Å². The normalized spacial score (nSPS) is 10.1. The van der Waals surface area contributed by atoms with E-state index >= 15 is 0 Å². The highest BCUT2D eigenvalue weighted by molar-refractivity contribution is 5.43. The fourth-order valence-electron chi connectivity index (χ4n) is 1.02. The van der Waals surface area contributed by atoms with Crippen LogP contribution in [0, 0.1) is 13.8 Å². The largest absolute Gasteiger partial charge is 0.507 e. The van der Waals surface area contributed by atoms with Gasteiger partial charge in [-0.25, -0.2) is 0 Å². The maximum absolute atomic E-state index is 9.50. The molecule has 0 radical (unpaired) electrons. The number of rotatable bonds is 1. The van der Waals surface area contributed by atoms with Gasteiger partial charge in [0.1, 0.15) is 5.75 Å². The molecule has 3 N–H and O–H groups in total. The van der Waals surface area contributed by atoms with Crippen LogP contribution in [0.15, 0.2) is 12.1 Å². The zero-order valence-electron chi connectivity index (χ0n) is 6.89. The van der Waals surface area contributed by atoms with Crippen LogP contribution in [0.1, 0.15) is 16.7 Å². The van der Waals surface area contributed by atoms with Gasteiger partial charge < -0.3 is 10.8 Å². The lowest BCUT2D eigenvalue weighted by Gasteiger charge is -2.06. The van der Waals surface area contributed by atoms with Crippen LogP contribution >= 0.6 is 0 Å². The SMILES string of the molecule is Cc1ccc(CN)c(O)c1C. The summed E-state index contributed by atoms with van der Waals surface area (Å²) in [4.78, 5) is 0. The highest BCUT2D eigenvalue weighted by Crippen LogP contribution is 2.23. The number of hydrogen-bond donors (Lipinski definition) is 2. The van der Waals surface area contributed by atoms with Crippen LogP contribution < -0.4 is 5.73 Å². The fraction of sp³-hybridized carbons (Fsp3) is 0.333. The van der Waals surface area contributed by atoms with Crippen molar-refractivity contribution in [2.75, 3.05) is 0 Å². The molecule has 2 heteroatoms. The predicted molar refractivity (Wildman–Crippen MR) is 45.5 cm³/mol. The Bertz CT molecular complexity index is 269. The summed E-state index contributed by atoms with van der Waals surface area (Å²) in [5.41, 5.74) is 8.24. The minimum atomic E-state index is 0.340. The molecule has 0 heterocycles. The number of benzene rings is 1.